The molecule has 2 aromatic carbocycles. The van der Waals surface area contributed by atoms with E-state index in [2.05, 4.69) is 47.4 Å². The Morgan fingerprint density at radius 1 is 0.955 bits per heavy atom. The van der Waals surface area contributed by atoms with Crippen LogP contribution in [0.4, 0.5) is 5.69 Å². The summed E-state index contributed by atoms with van der Waals surface area (Å²) in [5.41, 5.74) is 11.3. The quantitative estimate of drug-likeness (QED) is 0.856. The van der Waals surface area contributed by atoms with Crippen molar-refractivity contribution >= 4 is 5.69 Å². The number of piperidine rings is 1. The summed E-state index contributed by atoms with van der Waals surface area (Å²) in [6.45, 7) is 2.27. The summed E-state index contributed by atoms with van der Waals surface area (Å²) in [6, 6.07) is 18.1. The van der Waals surface area contributed by atoms with Crippen molar-refractivity contribution in [3.63, 3.8) is 0 Å². The van der Waals surface area contributed by atoms with Crippen molar-refractivity contribution in [2.24, 2.45) is 5.92 Å². The van der Waals surface area contributed by atoms with Gasteiger partial charge in [0.2, 0.25) is 0 Å². The van der Waals surface area contributed by atoms with Gasteiger partial charge >= 0.3 is 0 Å². The van der Waals surface area contributed by atoms with Gasteiger partial charge in [-0.05, 0) is 60.4 Å². The van der Waals surface area contributed by atoms with Gasteiger partial charge in [0.15, 0.2) is 0 Å². The predicted molar refractivity (Wildman–Crippen MR) is 91.6 cm³/mol. The first-order valence-electron chi connectivity index (χ1n) is 8.43. The lowest BCUT2D eigenvalue weighted by molar-refractivity contribution is 0.0938. The second kappa shape index (κ2) is 5.77. The molecule has 2 N–H and O–H groups in total. The summed E-state index contributed by atoms with van der Waals surface area (Å²) in [5.74, 6) is 0.804. The molecule has 1 fully saturated rings. The number of hydrogen-bond acceptors (Lipinski definition) is 2. The number of rotatable bonds is 2. The number of nitrogens with two attached hydrogens (primary N) is 1. The number of nitrogens with zero attached hydrogens (tertiary/aromatic N) is 1. The molecule has 2 heterocycles. The number of nitrogen functional groups attached to an aromatic ring is 1. The van der Waals surface area contributed by atoms with E-state index < -0.39 is 0 Å². The normalized spacial score (nSPS) is 24.5. The van der Waals surface area contributed by atoms with E-state index in [0.29, 0.717) is 6.04 Å². The molecule has 2 heteroatoms. The van der Waals surface area contributed by atoms with Gasteiger partial charge in [0, 0.05) is 24.8 Å². The van der Waals surface area contributed by atoms with Crippen molar-refractivity contribution in [2.75, 3.05) is 12.3 Å². The first-order chi connectivity index (χ1) is 10.8. The fraction of sp³-hybridized carbons (Fsp3) is 0.400. The minimum Gasteiger partial charge on any atom is -0.399 e. The van der Waals surface area contributed by atoms with Crippen LogP contribution in [0.15, 0.2) is 48.5 Å². The van der Waals surface area contributed by atoms with Crippen molar-refractivity contribution < 1.29 is 0 Å². The number of benzene rings is 2. The van der Waals surface area contributed by atoms with Crippen LogP contribution in [0.5, 0.6) is 0 Å². The minimum absolute atomic E-state index is 0.680. The molecule has 2 aliphatic heterocycles. The lowest BCUT2D eigenvalue weighted by Gasteiger charge is -2.42. The van der Waals surface area contributed by atoms with E-state index in [-0.39, 0.29) is 0 Å². The van der Waals surface area contributed by atoms with Crippen molar-refractivity contribution in [3.8, 4) is 0 Å². The van der Waals surface area contributed by atoms with Crippen LogP contribution in [0.2, 0.25) is 0 Å². The molecule has 114 valence electrons. The zero-order valence-corrected chi connectivity index (χ0v) is 13.0. The van der Waals surface area contributed by atoms with E-state index in [1.807, 2.05) is 6.07 Å². The third-order valence-electron chi connectivity index (χ3n) is 5.34. The lowest BCUT2D eigenvalue weighted by atomic mass is 9.80. The Morgan fingerprint density at radius 3 is 2.59 bits per heavy atom. The molecule has 1 saturated heterocycles. The van der Waals surface area contributed by atoms with Crippen LogP contribution in [0.25, 0.3) is 0 Å². The number of hydrogen-bond donors (Lipinski definition) is 1. The number of anilines is 1. The molecular weight excluding hydrogens is 268 g/mol. The molecule has 0 spiro atoms. The number of fused-ring (bicyclic) bond motifs is 2. The third kappa shape index (κ3) is 2.76. The average molecular weight is 292 g/mol. The highest BCUT2D eigenvalue weighted by atomic mass is 15.2. The van der Waals surface area contributed by atoms with E-state index in [9.17, 15) is 0 Å². The van der Waals surface area contributed by atoms with Gasteiger partial charge in [-0.25, -0.2) is 0 Å². The van der Waals surface area contributed by atoms with E-state index in [4.69, 9.17) is 5.73 Å². The van der Waals surface area contributed by atoms with Crippen molar-refractivity contribution in [1.29, 1.82) is 0 Å². The Labute approximate surface area is 132 Å². The van der Waals surface area contributed by atoms with Gasteiger partial charge in [0.05, 0.1) is 0 Å². The lowest BCUT2D eigenvalue weighted by Crippen LogP contribution is -2.46. The van der Waals surface area contributed by atoms with E-state index >= 15 is 0 Å². The SMILES string of the molecule is Nc1cccc(CN2CC3CC[C@H]2Cc2ccccc2C3)c1. The Hall–Kier alpha value is -1.80. The van der Waals surface area contributed by atoms with Gasteiger partial charge in [-0.1, -0.05) is 36.4 Å². The first kappa shape index (κ1) is 13.8. The molecule has 2 nitrogen and oxygen atoms in total. The monoisotopic (exact) mass is 292 g/mol. The van der Waals surface area contributed by atoms with E-state index in [1.54, 1.807) is 11.1 Å². The zero-order chi connectivity index (χ0) is 14.9. The predicted octanol–water partition coefficient (Wildman–Crippen LogP) is 3.65. The smallest absolute Gasteiger partial charge is 0.0317 e. The molecule has 1 aliphatic carbocycles. The van der Waals surface area contributed by atoms with Crippen molar-refractivity contribution in [2.45, 2.75) is 38.3 Å². The van der Waals surface area contributed by atoms with Gasteiger partial charge in [0.25, 0.3) is 0 Å². The van der Waals surface area contributed by atoms with Crippen LogP contribution in [0.3, 0.4) is 0 Å². The van der Waals surface area contributed by atoms with Gasteiger partial charge in [-0.3, -0.25) is 4.90 Å². The summed E-state index contributed by atoms with van der Waals surface area (Å²) in [6.07, 6.45) is 5.16. The highest BCUT2D eigenvalue weighted by Crippen LogP contribution is 2.33. The second-order valence-electron chi connectivity index (χ2n) is 6.95. The van der Waals surface area contributed by atoms with E-state index in [0.717, 1.165) is 18.2 Å². The van der Waals surface area contributed by atoms with Crippen molar-refractivity contribution in [3.05, 3.63) is 65.2 Å². The first-order valence-corrected chi connectivity index (χ1v) is 8.43. The summed E-state index contributed by atoms with van der Waals surface area (Å²) < 4.78 is 0. The summed E-state index contributed by atoms with van der Waals surface area (Å²) in [4.78, 5) is 2.69. The van der Waals surface area contributed by atoms with Gasteiger partial charge in [-0.15, -0.1) is 0 Å². The molecule has 5 rings (SSSR count). The summed E-state index contributed by atoms with van der Waals surface area (Å²) in [5, 5.41) is 0. The van der Waals surface area contributed by atoms with Crippen LogP contribution in [-0.4, -0.2) is 17.5 Å². The summed E-state index contributed by atoms with van der Waals surface area (Å²) >= 11 is 0. The molecule has 0 radical (unpaired) electrons. The van der Waals surface area contributed by atoms with E-state index in [1.165, 1.54) is 37.8 Å². The highest BCUT2D eigenvalue weighted by molar-refractivity contribution is 5.40. The highest BCUT2D eigenvalue weighted by Gasteiger charge is 2.31. The van der Waals surface area contributed by atoms with Crippen LogP contribution in [-0.2, 0) is 19.4 Å². The maximum atomic E-state index is 5.94. The van der Waals surface area contributed by atoms with Gasteiger partial charge in [0.1, 0.15) is 0 Å². The zero-order valence-electron chi connectivity index (χ0n) is 13.0. The molecule has 2 aromatic rings. The molecule has 3 aliphatic rings. The fourth-order valence-electron chi connectivity index (χ4n) is 4.22. The molecule has 2 atom stereocenters. The maximum Gasteiger partial charge on any atom is 0.0317 e. The molecule has 1 unspecified atom stereocenters. The molecule has 0 amide bonds. The standard InChI is InChI=1S/C20H24N2/c21-19-7-3-4-15(11-19)13-22-14-16-8-9-20(22)12-18-6-2-1-5-17(18)10-16/h1-7,11,16,20H,8-10,12-14,21H2/t16?,20-/m0/s1. The van der Waals surface area contributed by atoms with Crippen LogP contribution < -0.4 is 5.73 Å². The third-order valence-corrected chi connectivity index (χ3v) is 5.34. The van der Waals surface area contributed by atoms with Crippen LogP contribution >= 0.6 is 0 Å². The Bertz CT molecular complexity index is 664. The topological polar surface area (TPSA) is 29.3 Å². The Morgan fingerprint density at radius 2 is 1.77 bits per heavy atom. The fourth-order valence-corrected chi connectivity index (χ4v) is 4.22. The molecule has 0 aromatic heterocycles. The maximum absolute atomic E-state index is 5.94. The van der Waals surface area contributed by atoms with Gasteiger partial charge < -0.3 is 5.73 Å². The Kier molecular flexibility index (Phi) is 3.63. The van der Waals surface area contributed by atoms with Crippen LogP contribution in [0.1, 0.15) is 29.5 Å². The molecular formula is C20H24N2. The van der Waals surface area contributed by atoms with Gasteiger partial charge in [-0.2, -0.15) is 0 Å². The minimum atomic E-state index is 0.680. The molecule has 22 heavy (non-hydrogen) atoms. The van der Waals surface area contributed by atoms with Crippen molar-refractivity contribution in [1.82, 2.24) is 4.90 Å². The Balaban J connectivity index is 1.58. The summed E-state index contributed by atoms with van der Waals surface area (Å²) in [7, 11) is 0. The average Bonchev–Trinajstić information content (AvgIpc) is 2.48. The molecule has 2 bridgehead atoms. The largest absolute Gasteiger partial charge is 0.399 e. The molecule has 0 saturated carbocycles. The second-order valence-corrected chi connectivity index (χ2v) is 6.95. The van der Waals surface area contributed by atoms with Crippen LogP contribution in [0, 0.1) is 5.92 Å².